The van der Waals surface area contributed by atoms with E-state index in [1.54, 1.807) is 6.20 Å². The van der Waals surface area contributed by atoms with Crippen LogP contribution in [0.25, 0.3) is 0 Å². The standard InChI is InChI=1S/C12H20N2/c1-3-11(4-2)12(13)8-10-6-5-7-14-9-10/h5-7,9,11-12H,3-4,8,13H2,1-2H3. The maximum absolute atomic E-state index is 6.14. The Kier molecular flexibility index (Phi) is 4.60. The number of pyridine rings is 1. The zero-order chi connectivity index (χ0) is 10.4. The predicted octanol–water partition coefficient (Wildman–Crippen LogP) is 2.39. The molecule has 1 unspecified atom stereocenters. The molecule has 2 heteroatoms. The molecule has 0 spiro atoms. The summed E-state index contributed by atoms with van der Waals surface area (Å²) in [6, 6.07) is 4.33. The number of nitrogens with zero attached hydrogens (tertiary/aromatic N) is 1. The SMILES string of the molecule is CCC(CC)C(N)Cc1cccnc1. The van der Waals surface area contributed by atoms with E-state index >= 15 is 0 Å². The lowest BCUT2D eigenvalue weighted by Gasteiger charge is -2.20. The van der Waals surface area contributed by atoms with E-state index in [4.69, 9.17) is 5.73 Å². The smallest absolute Gasteiger partial charge is 0.0300 e. The summed E-state index contributed by atoms with van der Waals surface area (Å²) < 4.78 is 0. The molecule has 0 aliphatic heterocycles. The molecule has 0 saturated heterocycles. The molecule has 2 N–H and O–H groups in total. The van der Waals surface area contributed by atoms with Crippen LogP contribution < -0.4 is 5.73 Å². The van der Waals surface area contributed by atoms with Gasteiger partial charge in [-0.15, -0.1) is 0 Å². The van der Waals surface area contributed by atoms with E-state index in [1.807, 2.05) is 12.3 Å². The molecule has 1 atom stereocenters. The summed E-state index contributed by atoms with van der Waals surface area (Å²) in [6.07, 6.45) is 6.98. The lowest BCUT2D eigenvalue weighted by Crippen LogP contribution is -2.31. The number of nitrogens with two attached hydrogens (primary N) is 1. The highest BCUT2D eigenvalue weighted by Crippen LogP contribution is 2.14. The Morgan fingerprint density at radius 2 is 2.07 bits per heavy atom. The van der Waals surface area contributed by atoms with Gasteiger partial charge in [0.2, 0.25) is 0 Å². The van der Waals surface area contributed by atoms with Gasteiger partial charge in [0, 0.05) is 18.4 Å². The number of rotatable bonds is 5. The van der Waals surface area contributed by atoms with E-state index in [2.05, 4.69) is 24.9 Å². The minimum atomic E-state index is 0.272. The van der Waals surface area contributed by atoms with Gasteiger partial charge in [0.1, 0.15) is 0 Å². The van der Waals surface area contributed by atoms with E-state index in [0.717, 1.165) is 19.3 Å². The molecular formula is C12H20N2. The average Bonchev–Trinajstić information content (AvgIpc) is 2.21. The molecule has 0 aliphatic rings. The van der Waals surface area contributed by atoms with Crippen LogP contribution in [0.4, 0.5) is 0 Å². The highest BCUT2D eigenvalue weighted by atomic mass is 14.7. The van der Waals surface area contributed by atoms with Crippen molar-refractivity contribution in [1.29, 1.82) is 0 Å². The Morgan fingerprint density at radius 1 is 1.36 bits per heavy atom. The zero-order valence-corrected chi connectivity index (χ0v) is 9.11. The summed E-state index contributed by atoms with van der Waals surface area (Å²) in [4.78, 5) is 4.09. The van der Waals surface area contributed by atoms with Gasteiger partial charge in [0.05, 0.1) is 0 Å². The Morgan fingerprint density at radius 3 is 2.57 bits per heavy atom. The molecule has 14 heavy (non-hydrogen) atoms. The lowest BCUT2D eigenvalue weighted by atomic mass is 9.91. The van der Waals surface area contributed by atoms with Crippen molar-refractivity contribution < 1.29 is 0 Å². The highest BCUT2D eigenvalue weighted by molar-refractivity contribution is 5.10. The minimum Gasteiger partial charge on any atom is -0.327 e. The molecule has 1 rings (SSSR count). The van der Waals surface area contributed by atoms with Crippen molar-refractivity contribution in [2.45, 2.75) is 39.2 Å². The van der Waals surface area contributed by atoms with Crippen molar-refractivity contribution >= 4 is 0 Å². The summed E-state index contributed by atoms with van der Waals surface area (Å²) in [6.45, 7) is 4.41. The van der Waals surface area contributed by atoms with Crippen LogP contribution in [-0.2, 0) is 6.42 Å². The predicted molar refractivity (Wildman–Crippen MR) is 60.0 cm³/mol. The van der Waals surface area contributed by atoms with Gasteiger partial charge in [-0.1, -0.05) is 32.8 Å². The van der Waals surface area contributed by atoms with Crippen molar-refractivity contribution in [2.24, 2.45) is 11.7 Å². The third-order valence-corrected chi connectivity index (χ3v) is 2.85. The van der Waals surface area contributed by atoms with Crippen LogP contribution in [0.2, 0.25) is 0 Å². The summed E-state index contributed by atoms with van der Waals surface area (Å²) in [7, 11) is 0. The van der Waals surface area contributed by atoms with E-state index in [9.17, 15) is 0 Å². The fraction of sp³-hybridized carbons (Fsp3) is 0.583. The molecule has 1 aromatic heterocycles. The molecule has 0 aromatic carbocycles. The van der Waals surface area contributed by atoms with Crippen molar-refractivity contribution in [3.8, 4) is 0 Å². The summed E-state index contributed by atoms with van der Waals surface area (Å²) >= 11 is 0. The first-order valence-electron chi connectivity index (χ1n) is 5.42. The van der Waals surface area contributed by atoms with Gasteiger partial charge in [0.25, 0.3) is 0 Å². The summed E-state index contributed by atoms with van der Waals surface area (Å²) in [5.41, 5.74) is 7.39. The number of hydrogen-bond donors (Lipinski definition) is 1. The zero-order valence-electron chi connectivity index (χ0n) is 9.11. The first-order chi connectivity index (χ1) is 6.77. The Balaban J connectivity index is 2.52. The minimum absolute atomic E-state index is 0.272. The lowest BCUT2D eigenvalue weighted by molar-refractivity contribution is 0.393. The summed E-state index contributed by atoms with van der Waals surface area (Å²) in [5, 5.41) is 0. The Labute approximate surface area is 86.5 Å². The quantitative estimate of drug-likeness (QED) is 0.778. The monoisotopic (exact) mass is 192 g/mol. The fourth-order valence-electron chi connectivity index (χ4n) is 1.85. The molecule has 0 radical (unpaired) electrons. The largest absolute Gasteiger partial charge is 0.327 e. The molecule has 1 aromatic rings. The van der Waals surface area contributed by atoms with Gasteiger partial charge < -0.3 is 5.73 Å². The van der Waals surface area contributed by atoms with Crippen LogP contribution in [0.15, 0.2) is 24.5 Å². The Hall–Kier alpha value is -0.890. The van der Waals surface area contributed by atoms with Crippen LogP contribution in [0.3, 0.4) is 0 Å². The number of hydrogen-bond acceptors (Lipinski definition) is 2. The molecule has 78 valence electrons. The Bertz CT molecular complexity index is 242. The first-order valence-corrected chi connectivity index (χ1v) is 5.42. The molecule has 1 heterocycles. The van der Waals surface area contributed by atoms with Crippen LogP contribution in [-0.4, -0.2) is 11.0 Å². The normalized spacial score (nSPS) is 13.1. The van der Waals surface area contributed by atoms with Gasteiger partial charge >= 0.3 is 0 Å². The second-order valence-electron chi connectivity index (χ2n) is 3.81. The molecule has 0 fully saturated rings. The molecular weight excluding hydrogens is 172 g/mol. The molecule has 0 bridgehead atoms. The third-order valence-electron chi connectivity index (χ3n) is 2.85. The molecule has 0 aliphatic carbocycles. The van der Waals surface area contributed by atoms with Crippen LogP contribution >= 0.6 is 0 Å². The van der Waals surface area contributed by atoms with Crippen molar-refractivity contribution in [3.63, 3.8) is 0 Å². The van der Waals surface area contributed by atoms with E-state index in [-0.39, 0.29) is 6.04 Å². The fourth-order valence-corrected chi connectivity index (χ4v) is 1.85. The maximum Gasteiger partial charge on any atom is 0.0300 e. The average molecular weight is 192 g/mol. The third kappa shape index (κ3) is 3.11. The van der Waals surface area contributed by atoms with Gasteiger partial charge in [-0.2, -0.15) is 0 Å². The van der Waals surface area contributed by atoms with Crippen molar-refractivity contribution in [1.82, 2.24) is 4.98 Å². The van der Waals surface area contributed by atoms with Gasteiger partial charge in [-0.3, -0.25) is 4.98 Å². The second-order valence-corrected chi connectivity index (χ2v) is 3.81. The van der Waals surface area contributed by atoms with Crippen LogP contribution in [0.5, 0.6) is 0 Å². The van der Waals surface area contributed by atoms with Crippen LogP contribution in [0.1, 0.15) is 32.3 Å². The molecule has 2 nitrogen and oxygen atoms in total. The highest BCUT2D eigenvalue weighted by Gasteiger charge is 2.13. The summed E-state index contributed by atoms with van der Waals surface area (Å²) in [5.74, 6) is 0.634. The van der Waals surface area contributed by atoms with Gasteiger partial charge in [-0.05, 0) is 24.0 Å². The van der Waals surface area contributed by atoms with Gasteiger partial charge in [0.15, 0.2) is 0 Å². The van der Waals surface area contributed by atoms with E-state index in [0.29, 0.717) is 5.92 Å². The van der Waals surface area contributed by atoms with Crippen LogP contribution in [0, 0.1) is 5.92 Å². The van der Waals surface area contributed by atoms with Crippen molar-refractivity contribution in [2.75, 3.05) is 0 Å². The van der Waals surface area contributed by atoms with Gasteiger partial charge in [-0.25, -0.2) is 0 Å². The number of aromatic nitrogens is 1. The topological polar surface area (TPSA) is 38.9 Å². The van der Waals surface area contributed by atoms with Crippen molar-refractivity contribution in [3.05, 3.63) is 30.1 Å². The first kappa shape index (κ1) is 11.2. The van der Waals surface area contributed by atoms with E-state index in [1.165, 1.54) is 5.56 Å². The van der Waals surface area contributed by atoms with E-state index < -0.39 is 0 Å². The second kappa shape index (κ2) is 5.76. The molecule has 0 saturated carbocycles. The maximum atomic E-state index is 6.14. The molecule has 0 amide bonds.